The number of carboxylic acid groups (broad SMARTS) is 1. The SMILES string of the molecule is CCCCCCCC(=O)c1c(O)cc(O)cc1C(=O)O. The Morgan fingerprint density at radius 3 is 2.30 bits per heavy atom. The Morgan fingerprint density at radius 2 is 1.70 bits per heavy atom. The van der Waals surface area contributed by atoms with E-state index >= 15 is 0 Å². The van der Waals surface area contributed by atoms with Crippen molar-refractivity contribution in [3.63, 3.8) is 0 Å². The molecule has 0 bridgehead atoms. The largest absolute Gasteiger partial charge is 0.508 e. The van der Waals surface area contributed by atoms with Gasteiger partial charge in [0.1, 0.15) is 11.5 Å². The number of ketones is 1. The third-order valence-corrected chi connectivity index (χ3v) is 3.12. The first-order valence-corrected chi connectivity index (χ1v) is 6.79. The lowest BCUT2D eigenvalue weighted by Gasteiger charge is -2.08. The highest BCUT2D eigenvalue weighted by Gasteiger charge is 2.21. The molecule has 0 fully saturated rings. The van der Waals surface area contributed by atoms with Gasteiger partial charge in [0.05, 0.1) is 11.1 Å². The number of carbonyl (C=O) groups excluding carboxylic acids is 1. The zero-order valence-electron chi connectivity index (χ0n) is 11.6. The van der Waals surface area contributed by atoms with Crippen molar-refractivity contribution in [3.8, 4) is 11.5 Å². The van der Waals surface area contributed by atoms with Gasteiger partial charge in [0, 0.05) is 12.5 Å². The van der Waals surface area contributed by atoms with Crippen LogP contribution in [0.15, 0.2) is 12.1 Å². The minimum absolute atomic E-state index is 0.197. The van der Waals surface area contributed by atoms with Crippen molar-refractivity contribution < 1.29 is 24.9 Å². The van der Waals surface area contributed by atoms with Crippen molar-refractivity contribution >= 4 is 11.8 Å². The highest BCUT2D eigenvalue weighted by atomic mass is 16.4. The molecule has 110 valence electrons. The number of benzene rings is 1. The molecule has 5 heteroatoms. The Labute approximate surface area is 117 Å². The molecule has 1 aromatic rings. The first-order valence-electron chi connectivity index (χ1n) is 6.79. The van der Waals surface area contributed by atoms with Gasteiger partial charge in [-0.1, -0.05) is 32.6 Å². The van der Waals surface area contributed by atoms with E-state index in [-0.39, 0.29) is 23.3 Å². The lowest BCUT2D eigenvalue weighted by atomic mass is 9.97. The van der Waals surface area contributed by atoms with E-state index in [0.29, 0.717) is 6.42 Å². The summed E-state index contributed by atoms with van der Waals surface area (Å²) in [6.45, 7) is 2.10. The third-order valence-electron chi connectivity index (χ3n) is 3.12. The summed E-state index contributed by atoms with van der Waals surface area (Å²) in [7, 11) is 0. The van der Waals surface area contributed by atoms with Crippen LogP contribution < -0.4 is 0 Å². The quantitative estimate of drug-likeness (QED) is 0.501. The summed E-state index contributed by atoms with van der Waals surface area (Å²) in [4.78, 5) is 23.1. The summed E-state index contributed by atoms with van der Waals surface area (Å²) in [5.74, 6) is -2.61. The Morgan fingerprint density at radius 1 is 1.05 bits per heavy atom. The van der Waals surface area contributed by atoms with Gasteiger partial charge in [0.15, 0.2) is 5.78 Å². The van der Waals surface area contributed by atoms with Crippen LogP contribution in [0, 0.1) is 0 Å². The van der Waals surface area contributed by atoms with E-state index < -0.39 is 17.5 Å². The van der Waals surface area contributed by atoms with Crippen LogP contribution in [0.25, 0.3) is 0 Å². The molecule has 0 radical (unpaired) electrons. The molecule has 1 rings (SSSR count). The van der Waals surface area contributed by atoms with E-state index in [2.05, 4.69) is 6.92 Å². The van der Waals surface area contributed by atoms with Crippen LogP contribution in [0.1, 0.15) is 66.2 Å². The van der Waals surface area contributed by atoms with Crippen molar-refractivity contribution in [2.24, 2.45) is 0 Å². The van der Waals surface area contributed by atoms with Crippen molar-refractivity contribution in [3.05, 3.63) is 23.3 Å². The van der Waals surface area contributed by atoms with Gasteiger partial charge in [0.2, 0.25) is 0 Å². The molecule has 0 spiro atoms. The van der Waals surface area contributed by atoms with Crippen LogP contribution in [0.3, 0.4) is 0 Å². The lowest BCUT2D eigenvalue weighted by molar-refractivity contribution is 0.0690. The topological polar surface area (TPSA) is 94.8 Å². The van der Waals surface area contributed by atoms with Crippen molar-refractivity contribution in [2.45, 2.75) is 45.4 Å². The van der Waals surface area contributed by atoms with Crippen LogP contribution in [-0.2, 0) is 0 Å². The zero-order valence-corrected chi connectivity index (χ0v) is 11.6. The van der Waals surface area contributed by atoms with Gasteiger partial charge in [-0.25, -0.2) is 4.79 Å². The molecular weight excluding hydrogens is 260 g/mol. The normalized spacial score (nSPS) is 10.4. The highest BCUT2D eigenvalue weighted by molar-refractivity contribution is 6.08. The van der Waals surface area contributed by atoms with Crippen LogP contribution in [0.2, 0.25) is 0 Å². The Bertz CT molecular complexity index is 493. The van der Waals surface area contributed by atoms with E-state index in [1.807, 2.05) is 0 Å². The van der Waals surface area contributed by atoms with Gasteiger partial charge >= 0.3 is 5.97 Å². The molecule has 1 aromatic carbocycles. The lowest BCUT2D eigenvalue weighted by Crippen LogP contribution is -2.09. The van der Waals surface area contributed by atoms with E-state index in [1.165, 1.54) is 0 Å². The molecule has 0 saturated carbocycles. The van der Waals surface area contributed by atoms with Gasteiger partial charge < -0.3 is 15.3 Å². The maximum atomic E-state index is 12.0. The molecule has 0 aliphatic rings. The van der Waals surface area contributed by atoms with Gasteiger partial charge in [-0.2, -0.15) is 0 Å². The average Bonchev–Trinajstić information content (AvgIpc) is 2.37. The molecule has 0 amide bonds. The predicted octanol–water partition coefficient (Wildman–Crippen LogP) is 3.34. The average molecular weight is 280 g/mol. The molecule has 0 heterocycles. The molecule has 0 aromatic heterocycles. The second-order valence-electron chi connectivity index (χ2n) is 4.78. The number of phenolic OH excluding ortho intramolecular Hbond substituents is 2. The molecular formula is C15H20O5. The number of aromatic hydroxyl groups is 2. The number of hydrogen-bond donors (Lipinski definition) is 3. The molecule has 0 aliphatic heterocycles. The molecule has 0 unspecified atom stereocenters. The first-order chi connectivity index (χ1) is 9.47. The zero-order chi connectivity index (χ0) is 15.1. The number of aromatic carboxylic acids is 1. The minimum Gasteiger partial charge on any atom is -0.508 e. The maximum absolute atomic E-state index is 12.0. The molecule has 0 saturated heterocycles. The molecule has 20 heavy (non-hydrogen) atoms. The number of rotatable bonds is 8. The summed E-state index contributed by atoms with van der Waals surface area (Å²) in [5, 5.41) is 28.0. The predicted molar refractivity (Wildman–Crippen MR) is 74.4 cm³/mol. The number of carboxylic acids is 1. The Hall–Kier alpha value is -2.04. The van der Waals surface area contributed by atoms with Gasteiger partial charge in [0.25, 0.3) is 0 Å². The first kappa shape index (κ1) is 16.0. The number of Topliss-reactive ketones (excluding diaryl/α,β-unsaturated/α-hetero) is 1. The van der Waals surface area contributed by atoms with Gasteiger partial charge in [-0.3, -0.25) is 4.79 Å². The van der Waals surface area contributed by atoms with Crippen LogP contribution in [0.4, 0.5) is 0 Å². The fourth-order valence-corrected chi connectivity index (χ4v) is 2.09. The molecule has 0 aliphatic carbocycles. The second kappa shape index (κ2) is 7.53. The maximum Gasteiger partial charge on any atom is 0.336 e. The Balaban J connectivity index is 2.79. The smallest absolute Gasteiger partial charge is 0.336 e. The minimum atomic E-state index is -1.34. The number of carbonyl (C=O) groups is 2. The van der Waals surface area contributed by atoms with Crippen molar-refractivity contribution in [1.29, 1.82) is 0 Å². The van der Waals surface area contributed by atoms with Crippen LogP contribution in [0.5, 0.6) is 11.5 Å². The monoisotopic (exact) mass is 280 g/mol. The van der Waals surface area contributed by atoms with Gasteiger partial charge in [-0.15, -0.1) is 0 Å². The number of phenols is 2. The van der Waals surface area contributed by atoms with Crippen molar-refractivity contribution in [2.75, 3.05) is 0 Å². The fourth-order valence-electron chi connectivity index (χ4n) is 2.09. The van der Waals surface area contributed by atoms with E-state index in [0.717, 1.165) is 37.8 Å². The molecule has 0 atom stereocenters. The number of unbranched alkanes of at least 4 members (excludes halogenated alkanes) is 4. The van der Waals surface area contributed by atoms with E-state index in [1.54, 1.807) is 0 Å². The van der Waals surface area contributed by atoms with Gasteiger partial charge in [-0.05, 0) is 12.5 Å². The molecule has 3 N–H and O–H groups in total. The summed E-state index contributed by atoms with van der Waals surface area (Å²) >= 11 is 0. The molecule has 5 nitrogen and oxygen atoms in total. The van der Waals surface area contributed by atoms with E-state index in [9.17, 15) is 19.8 Å². The summed E-state index contributed by atoms with van der Waals surface area (Å²) in [5.41, 5.74) is -0.577. The second-order valence-corrected chi connectivity index (χ2v) is 4.78. The van der Waals surface area contributed by atoms with Crippen LogP contribution in [-0.4, -0.2) is 27.1 Å². The third kappa shape index (κ3) is 4.26. The van der Waals surface area contributed by atoms with Crippen LogP contribution >= 0.6 is 0 Å². The summed E-state index contributed by atoms with van der Waals surface area (Å²) in [6, 6.07) is 1.96. The Kier molecular flexibility index (Phi) is 6.03. The summed E-state index contributed by atoms with van der Waals surface area (Å²) < 4.78 is 0. The fraction of sp³-hybridized carbons (Fsp3) is 0.467. The van der Waals surface area contributed by atoms with Crippen molar-refractivity contribution in [1.82, 2.24) is 0 Å². The standard InChI is InChI=1S/C15H20O5/c1-2-3-4-5-6-7-12(17)14-11(15(19)20)8-10(16)9-13(14)18/h8-9,16,18H,2-7H2,1H3,(H,19,20). The highest BCUT2D eigenvalue weighted by Crippen LogP contribution is 2.29. The summed E-state index contributed by atoms with van der Waals surface area (Å²) in [6.07, 6.45) is 5.02. The number of hydrogen-bond acceptors (Lipinski definition) is 4. The van der Waals surface area contributed by atoms with E-state index in [4.69, 9.17) is 5.11 Å².